The first kappa shape index (κ1) is 18.0. The van der Waals surface area contributed by atoms with Gasteiger partial charge in [-0.05, 0) is 91.6 Å². The Hall–Kier alpha value is -1.04. The van der Waals surface area contributed by atoms with Crippen molar-refractivity contribution in [1.82, 2.24) is 0 Å². The molecule has 146 valence electrons. The van der Waals surface area contributed by atoms with Crippen LogP contribution in [0.15, 0.2) is 29.8 Å². The number of benzene rings is 1. The first-order valence-corrected chi connectivity index (χ1v) is 11.9. The second-order valence-corrected chi connectivity index (χ2v) is 10.7. The molecule has 0 saturated heterocycles. The molecule has 1 aromatic carbocycles. The minimum absolute atomic E-state index is 0.691. The second-order valence-electron chi connectivity index (χ2n) is 10.7. The summed E-state index contributed by atoms with van der Waals surface area (Å²) < 4.78 is 0. The van der Waals surface area contributed by atoms with E-state index in [1.54, 1.807) is 17.6 Å². The Kier molecular flexibility index (Phi) is 4.73. The fourth-order valence-electron chi connectivity index (χ4n) is 8.15. The smallest absolute Gasteiger partial charge is 0.00547 e. The van der Waals surface area contributed by atoms with Crippen LogP contribution in [-0.4, -0.2) is 0 Å². The molecule has 1 aromatic rings. The van der Waals surface area contributed by atoms with Gasteiger partial charge in [-0.1, -0.05) is 69.0 Å². The third kappa shape index (κ3) is 3.02. The molecule has 0 bridgehead atoms. The highest BCUT2D eigenvalue weighted by Gasteiger charge is 2.50. The van der Waals surface area contributed by atoms with Crippen LogP contribution in [-0.2, 0) is 0 Å². The molecule has 3 saturated carbocycles. The van der Waals surface area contributed by atoms with Gasteiger partial charge in [0.1, 0.15) is 0 Å². The van der Waals surface area contributed by atoms with Gasteiger partial charge in [-0.15, -0.1) is 0 Å². The molecule has 5 rings (SSSR count). The Bertz CT molecular complexity index is 713. The van der Waals surface area contributed by atoms with E-state index in [0.29, 0.717) is 5.92 Å². The normalized spacial score (nSPS) is 43.0. The van der Waals surface area contributed by atoms with Gasteiger partial charge < -0.3 is 0 Å². The number of hydrogen-bond donors (Lipinski definition) is 0. The van der Waals surface area contributed by atoms with E-state index in [4.69, 9.17) is 0 Å². The fraction of sp³-hybridized carbons (Fsp3) is 0.704. The first-order chi connectivity index (χ1) is 13.1. The Morgan fingerprint density at radius 2 is 1.70 bits per heavy atom. The van der Waals surface area contributed by atoms with E-state index in [9.17, 15) is 0 Å². The van der Waals surface area contributed by atoms with E-state index in [2.05, 4.69) is 51.1 Å². The van der Waals surface area contributed by atoms with Crippen LogP contribution >= 0.6 is 0 Å². The van der Waals surface area contributed by atoms with Gasteiger partial charge in [0.05, 0.1) is 0 Å². The molecule has 8 unspecified atom stereocenters. The highest BCUT2D eigenvalue weighted by Crippen LogP contribution is 2.58. The average molecular weight is 363 g/mol. The van der Waals surface area contributed by atoms with Crippen molar-refractivity contribution in [1.29, 1.82) is 0 Å². The molecule has 27 heavy (non-hydrogen) atoms. The van der Waals surface area contributed by atoms with E-state index in [1.807, 2.05) is 0 Å². The first-order valence-electron chi connectivity index (χ1n) is 11.9. The van der Waals surface area contributed by atoms with Crippen molar-refractivity contribution >= 4 is 6.08 Å². The van der Waals surface area contributed by atoms with E-state index >= 15 is 0 Å². The van der Waals surface area contributed by atoms with Gasteiger partial charge in [0, 0.05) is 5.92 Å². The molecule has 0 spiro atoms. The molecular formula is C27H38. The summed E-state index contributed by atoms with van der Waals surface area (Å²) in [5.41, 5.74) is 4.68. The van der Waals surface area contributed by atoms with Gasteiger partial charge in [-0.2, -0.15) is 0 Å². The molecule has 0 aromatic heterocycles. The molecule has 4 aliphatic rings. The number of fused-ring (bicyclic) bond motifs is 3. The quantitative estimate of drug-likeness (QED) is 0.516. The summed E-state index contributed by atoms with van der Waals surface area (Å²) >= 11 is 0. The van der Waals surface area contributed by atoms with E-state index in [1.165, 1.54) is 50.5 Å². The zero-order valence-electron chi connectivity index (χ0n) is 17.7. The van der Waals surface area contributed by atoms with Gasteiger partial charge >= 0.3 is 0 Å². The lowest BCUT2D eigenvalue weighted by Crippen LogP contribution is -2.39. The molecule has 8 atom stereocenters. The predicted octanol–water partition coefficient (Wildman–Crippen LogP) is 7.70. The monoisotopic (exact) mass is 362 g/mol. The third-order valence-electron chi connectivity index (χ3n) is 9.46. The second kappa shape index (κ2) is 7.09. The van der Waals surface area contributed by atoms with Crippen molar-refractivity contribution in [3.8, 4) is 0 Å². The summed E-state index contributed by atoms with van der Waals surface area (Å²) in [4.78, 5) is 0. The topological polar surface area (TPSA) is 0 Å². The highest BCUT2D eigenvalue weighted by atomic mass is 14.6. The van der Waals surface area contributed by atoms with Crippen molar-refractivity contribution in [2.24, 2.45) is 41.4 Å². The lowest BCUT2D eigenvalue weighted by molar-refractivity contribution is 0.0200. The summed E-state index contributed by atoms with van der Waals surface area (Å²) in [5, 5.41) is 0. The van der Waals surface area contributed by atoms with E-state index in [0.717, 1.165) is 41.4 Å². The number of hydrogen-bond acceptors (Lipinski definition) is 0. The van der Waals surface area contributed by atoms with E-state index < -0.39 is 0 Å². The molecule has 4 aliphatic carbocycles. The molecule has 0 heteroatoms. The summed E-state index contributed by atoms with van der Waals surface area (Å²) in [5.74, 6) is 7.83. The molecule has 0 aliphatic heterocycles. The average Bonchev–Trinajstić information content (AvgIpc) is 3.16. The van der Waals surface area contributed by atoms with Crippen LogP contribution in [0.3, 0.4) is 0 Å². The third-order valence-corrected chi connectivity index (χ3v) is 9.46. The van der Waals surface area contributed by atoms with Crippen LogP contribution in [0.4, 0.5) is 0 Å². The molecule has 0 nitrogen and oxygen atoms in total. The van der Waals surface area contributed by atoms with Crippen LogP contribution in [0.25, 0.3) is 6.08 Å². The summed E-state index contributed by atoms with van der Waals surface area (Å²) in [6.07, 6.45) is 14.5. The van der Waals surface area contributed by atoms with Gasteiger partial charge in [0.15, 0.2) is 0 Å². The zero-order chi connectivity index (χ0) is 18.5. The van der Waals surface area contributed by atoms with Crippen LogP contribution < -0.4 is 0 Å². The van der Waals surface area contributed by atoms with Crippen LogP contribution in [0.5, 0.6) is 0 Å². The van der Waals surface area contributed by atoms with Gasteiger partial charge in [0.25, 0.3) is 0 Å². The number of allylic oxidation sites excluding steroid dienone is 1. The van der Waals surface area contributed by atoms with Gasteiger partial charge in [-0.25, -0.2) is 0 Å². The predicted molar refractivity (Wildman–Crippen MR) is 116 cm³/mol. The van der Waals surface area contributed by atoms with Crippen LogP contribution in [0, 0.1) is 41.4 Å². The molecule has 0 radical (unpaired) electrons. The summed E-state index contributed by atoms with van der Waals surface area (Å²) in [6.45, 7) is 7.58. The zero-order valence-corrected chi connectivity index (χ0v) is 17.7. The van der Waals surface area contributed by atoms with Crippen molar-refractivity contribution in [2.45, 2.75) is 78.1 Å². The lowest BCUT2D eigenvalue weighted by atomic mass is 9.58. The Morgan fingerprint density at radius 1 is 0.889 bits per heavy atom. The van der Waals surface area contributed by atoms with Crippen LogP contribution in [0.2, 0.25) is 0 Å². The van der Waals surface area contributed by atoms with E-state index in [-0.39, 0.29) is 0 Å². The Labute approximate surface area is 166 Å². The summed E-state index contributed by atoms with van der Waals surface area (Å²) in [6, 6.07) is 9.11. The van der Waals surface area contributed by atoms with Crippen LogP contribution in [0.1, 0.15) is 89.2 Å². The lowest BCUT2D eigenvalue weighted by Gasteiger charge is -2.47. The van der Waals surface area contributed by atoms with Crippen molar-refractivity contribution < 1.29 is 0 Å². The minimum atomic E-state index is 0.691. The van der Waals surface area contributed by atoms with Gasteiger partial charge in [-0.3, -0.25) is 0 Å². The molecular weight excluding hydrogens is 324 g/mol. The maximum absolute atomic E-state index is 2.63. The maximum Gasteiger partial charge on any atom is 0.00547 e. The Balaban J connectivity index is 1.30. The fourth-order valence-corrected chi connectivity index (χ4v) is 8.15. The maximum atomic E-state index is 2.63. The minimum Gasteiger partial charge on any atom is -0.0652 e. The van der Waals surface area contributed by atoms with Crippen molar-refractivity contribution in [3.63, 3.8) is 0 Å². The number of rotatable bonds is 3. The summed E-state index contributed by atoms with van der Waals surface area (Å²) in [7, 11) is 0. The molecule has 0 N–H and O–H groups in total. The van der Waals surface area contributed by atoms with Crippen molar-refractivity contribution in [3.05, 3.63) is 41.0 Å². The SMILES string of the molecule is CC1=Cc2ccccc2C1CCC1C(C)CC2C(C)C3CCCCC3CC12. The molecule has 3 fully saturated rings. The standard InChI is InChI=1S/C27H38/c1-17-14-20-8-5-7-11-25(20)22(17)12-13-23-18(2)15-26-19(3)24-10-6-4-9-21(24)16-27(23)26/h5,7-8,11,14,18-19,21-24,26-27H,4,6,9-10,12-13,15-16H2,1-3H3. The van der Waals surface area contributed by atoms with Crippen molar-refractivity contribution in [2.75, 3.05) is 0 Å². The highest BCUT2D eigenvalue weighted by molar-refractivity contribution is 5.65. The van der Waals surface area contributed by atoms with Gasteiger partial charge in [0.2, 0.25) is 0 Å². The molecule has 0 amide bonds. The molecule has 0 heterocycles. The Morgan fingerprint density at radius 3 is 2.59 bits per heavy atom. The largest absolute Gasteiger partial charge is 0.0652 e.